The highest BCUT2D eigenvalue weighted by Crippen LogP contribution is 2.29. The molecule has 0 aliphatic rings. The molecule has 2 aromatic rings. The number of amides is 2. The fourth-order valence-corrected chi connectivity index (χ4v) is 4.30. The Morgan fingerprint density at radius 3 is 2.70 bits per heavy atom. The molecule has 9 heteroatoms. The molecule has 2 amide bonds. The van der Waals surface area contributed by atoms with E-state index in [2.05, 4.69) is 15.6 Å². The van der Waals surface area contributed by atoms with Crippen LogP contribution in [0, 0.1) is 0 Å². The summed E-state index contributed by atoms with van der Waals surface area (Å²) in [6, 6.07) is 7.47. The first-order chi connectivity index (χ1) is 14.4. The first-order valence-electron chi connectivity index (χ1n) is 9.92. The van der Waals surface area contributed by atoms with Crippen molar-refractivity contribution in [3.05, 3.63) is 35.3 Å². The number of ether oxygens (including phenoxy) is 1. The molecule has 0 radical (unpaired) electrons. The number of anilines is 2. The second-order valence-corrected chi connectivity index (χ2v) is 8.59. The largest absolute Gasteiger partial charge is 0.466 e. The second-order valence-electron chi connectivity index (χ2n) is 6.46. The lowest BCUT2D eigenvalue weighted by molar-refractivity contribution is -0.142. The number of hydrogen-bond donors (Lipinski definition) is 2. The van der Waals surface area contributed by atoms with Crippen molar-refractivity contribution in [3.63, 3.8) is 0 Å². The lowest BCUT2D eigenvalue weighted by Gasteiger charge is -2.14. The van der Waals surface area contributed by atoms with Crippen molar-refractivity contribution >= 4 is 51.7 Å². The average Bonchev–Trinajstić information content (AvgIpc) is 3.13. The molecule has 1 heterocycles. The average molecular weight is 450 g/mol. The summed E-state index contributed by atoms with van der Waals surface area (Å²) in [5, 5.41) is 7.58. The number of aromatic nitrogens is 1. The molecule has 2 N–H and O–H groups in total. The predicted octanol–water partition coefficient (Wildman–Crippen LogP) is 4.50. The van der Waals surface area contributed by atoms with E-state index < -0.39 is 0 Å². The van der Waals surface area contributed by atoms with Crippen molar-refractivity contribution in [2.45, 2.75) is 56.6 Å². The Balaban J connectivity index is 1.96. The molecule has 0 fully saturated rings. The van der Waals surface area contributed by atoms with E-state index in [1.807, 2.05) is 38.1 Å². The normalized spacial score (nSPS) is 11.6. The molecule has 0 bridgehead atoms. The van der Waals surface area contributed by atoms with Crippen LogP contribution in [-0.4, -0.2) is 34.6 Å². The number of nitrogens with zero attached hydrogens (tertiary/aromatic N) is 1. The molecular weight excluding hydrogens is 422 g/mol. The van der Waals surface area contributed by atoms with Gasteiger partial charge >= 0.3 is 5.97 Å². The van der Waals surface area contributed by atoms with Crippen LogP contribution in [0.2, 0.25) is 0 Å². The maximum absolute atomic E-state index is 12.7. The number of benzene rings is 1. The monoisotopic (exact) mass is 449 g/mol. The molecule has 30 heavy (non-hydrogen) atoms. The quantitative estimate of drug-likeness (QED) is 0.387. The molecule has 1 aromatic carbocycles. The number of rotatable bonds is 11. The van der Waals surface area contributed by atoms with Crippen molar-refractivity contribution in [2.75, 3.05) is 17.2 Å². The first-order valence-corrected chi connectivity index (χ1v) is 11.7. The summed E-state index contributed by atoms with van der Waals surface area (Å²) in [4.78, 5) is 41.2. The number of carbonyl (C=O) groups is 3. The van der Waals surface area contributed by atoms with Gasteiger partial charge in [0.2, 0.25) is 11.8 Å². The zero-order chi connectivity index (χ0) is 21.9. The highest BCUT2D eigenvalue weighted by molar-refractivity contribution is 8.00. The Bertz CT molecular complexity index is 869. The summed E-state index contributed by atoms with van der Waals surface area (Å²) in [6.45, 7) is 5.98. The molecule has 0 spiro atoms. The number of thioether (sulfide) groups is 1. The Morgan fingerprint density at radius 2 is 2.00 bits per heavy atom. The summed E-state index contributed by atoms with van der Waals surface area (Å²) in [5.74, 6) is -0.514. The topological polar surface area (TPSA) is 97.4 Å². The van der Waals surface area contributed by atoms with Gasteiger partial charge in [-0.3, -0.25) is 14.4 Å². The molecule has 0 aliphatic carbocycles. The molecule has 0 aliphatic heterocycles. The number of esters is 1. The van der Waals surface area contributed by atoms with Gasteiger partial charge in [0, 0.05) is 22.4 Å². The Labute approximate surface area is 185 Å². The molecule has 1 atom stereocenters. The minimum absolute atomic E-state index is 0.0215. The third-order valence-electron chi connectivity index (χ3n) is 3.95. The van der Waals surface area contributed by atoms with E-state index in [1.165, 1.54) is 23.1 Å². The highest BCUT2D eigenvalue weighted by atomic mass is 32.2. The van der Waals surface area contributed by atoms with Crippen LogP contribution in [0.3, 0.4) is 0 Å². The van der Waals surface area contributed by atoms with Crippen LogP contribution in [0.1, 0.15) is 45.7 Å². The van der Waals surface area contributed by atoms with Crippen molar-refractivity contribution < 1.29 is 19.1 Å². The summed E-state index contributed by atoms with van der Waals surface area (Å²) >= 11 is 2.71. The Morgan fingerprint density at radius 1 is 1.20 bits per heavy atom. The molecule has 0 saturated carbocycles. The van der Waals surface area contributed by atoms with Gasteiger partial charge in [0.15, 0.2) is 5.13 Å². The fourth-order valence-electron chi connectivity index (χ4n) is 2.58. The predicted molar refractivity (Wildman–Crippen MR) is 121 cm³/mol. The third kappa shape index (κ3) is 7.79. The standard InChI is InChI=1S/C21H27N3O4S2/c1-4-8-18(25)22-14-9-7-10-16(11-14)30-17(5-2)20(27)24-21-23-15(13-29-21)12-19(26)28-6-3/h7,9-11,13,17H,4-6,8,12H2,1-3H3,(H,22,25)(H,23,24,27). The fraction of sp³-hybridized carbons (Fsp3) is 0.429. The van der Waals surface area contributed by atoms with Gasteiger partial charge in [0.1, 0.15) is 0 Å². The third-order valence-corrected chi connectivity index (χ3v) is 6.11. The zero-order valence-corrected chi connectivity index (χ0v) is 19.0. The van der Waals surface area contributed by atoms with Gasteiger partial charge in [-0.25, -0.2) is 4.98 Å². The van der Waals surface area contributed by atoms with Gasteiger partial charge in [-0.2, -0.15) is 0 Å². The van der Waals surface area contributed by atoms with E-state index in [1.54, 1.807) is 12.3 Å². The van der Waals surface area contributed by atoms with Crippen LogP contribution in [0.5, 0.6) is 0 Å². The van der Waals surface area contributed by atoms with Gasteiger partial charge in [0.05, 0.1) is 24.0 Å². The number of nitrogens with one attached hydrogen (secondary N) is 2. The molecule has 0 saturated heterocycles. The Hall–Kier alpha value is -2.39. The van der Waals surface area contributed by atoms with E-state index in [4.69, 9.17) is 4.74 Å². The van der Waals surface area contributed by atoms with E-state index >= 15 is 0 Å². The summed E-state index contributed by atoms with van der Waals surface area (Å²) in [6.07, 6.45) is 1.98. The molecule has 162 valence electrons. The van der Waals surface area contributed by atoms with Crippen molar-refractivity contribution in [1.82, 2.24) is 4.98 Å². The van der Waals surface area contributed by atoms with Crippen molar-refractivity contribution in [3.8, 4) is 0 Å². The first kappa shape index (κ1) is 23.9. The van der Waals surface area contributed by atoms with Crippen LogP contribution >= 0.6 is 23.1 Å². The van der Waals surface area contributed by atoms with Gasteiger partial charge in [-0.15, -0.1) is 23.1 Å². The van der Waals surface area contributed by atoms with E-state index in [-0.39, 0.29) is 29.5 Å². The summed E-state index contributed by atoms with van der Waals surface area (Å²) in [5.41, 5.74) is 1.29. The minimum atomic E-state index is -0.339. The molecule has 2 rings (SSSR count). The lowest BCUT2D eigenvalue weighted by Crippen LogP contribution is -2.24. The second kappa shape index (κ2) is 12.3. The SMILES string of the molecule is CCCC(=O)Nc1cccc(SC(CC)C(=O)Nc2nc(CC(=O)OCC)cs2)c1. The maximum Gasteiger partial charge on any atom is 0.311 e. The minimum Gasteiger partial charge on any atom is -0.466 e. The Kier molecular flexibility index (Phi) is 9.82. The number of hydrogen-bond acceptors (Lipinski definition) is 7. The summed E-state index contributed by atoms with van der Waals surface area (Å²) in [7, 11) is 0. The highest BCUT2D eigenvalue weighted by Gasteiger charge is 2.20. The zero-order valence-electron chi connectivity index (χ0n) is 17.4. The molecule has 7 nitrogen and oxygen atoms in total. The molecule has 1 aromatic heterocycles. The van der Waals surface area contributed by atoms with Crippen LogP contribution in [-0.2, 0) is 25.5 Å². The lowest BCUT2D eigenvalue weighted by atomic mass is 10.3. The number of thiazole rings is 1. The van der Waals surface area contributed by atoms with Gasteiger partial charge < -0.3 is 15.4 Å². The smallest absolute Gasteiger partial charge is 0.311 e. The van der Waals surface area contributed by atoms with Gasteiger partial charge in [-0.1, -0.05) is 19.9 Å². The van der Waals surface area contributed by atoms with E-state index in [0.29, 0.717) is 30.3 Å². The maximum atomic E-state index is 12.7. The van der Waals surface area contributed by atoms with Crippen molar-refractivity contribution in [2.24, 2.45) is 0 Å². The van der Waals surface area contributed by atoms with Crippen molar-refractivity contribution in [1.29, 1.82) is 0 Å². The van der Waals surface area contributed by atoms with Crippen LogP contribution in [0.4, 0.5) is 10.8 Å². The van der Waals surface area contributed by atoms with Crippen LogP contribution < -0.4 is 10.6 Å². The van der Waals surface area contributed by atoms with Gasteiger partial charge in [0.25, 0.3) is 0 Å². The number of carbonyl (C=O) groups excluding carboxylic acids is 3. The van der Waals surface area contributed by atoms with Crippen LogP contribution in [0.25, 0.3) is 0 Å². The van der Waals surface area contributed by atoms with Crippen LogP contribution in [0.15, 0.2) is 34.5 Å². The molecular formula is C21H27N3O4S2. The van der Waals surface area contributed by atoms with E-state index in [9.17, 15) is 14.4 Å². The van der Waals surface area contributed by atoms with E-state index in [0.717, 1.165) is 17.0 Å². The van der Waals surface area contributed by atoms with Gasteiger partial charge in [-0.05, 0) is 38.0 Å². The molecule has 1 unspecified atom stereocenters. The summed E-state index contributed by atoms with van der Waals surface area (Å²) < 4.78 is 4.91.